The van der Waals surface area contributed by atoms with Crippen molar-refractivity contribution in [2.45, 2.75) is 11.8 Å². The zero-order valence-corrected chi connectivity index (χ0v) is 18.3. The Morgan fingerprint density at radius 3 is 1.81 bits per heavy atom. The molecular formula is C22H28O8S. The summed E-state index contributed by atoms with van der Waals surface area (Å²) >= 11 is 0. The van der Waals surface area contributed by atoms with Crippen molar-refractivity contribution in [1.29, 1.82) is 0 Å². The van der Waals surface area contributed by atoms with Gasteiger partial charge in [0, 0.05) is 0 Å². The first-order chi connectivity index (χ1) is 15.0. The van der Waals surface area contributed by atoms with Gasteiger partial charge in [-0.15, -0.1) is 0 Å². The van der Waals surface area contributed by atoms with Gasteiger partial charge in [0.15, 0.2) is 0 Å². The van der Waals surface area contributed by atoms with E-state index in [1.54, 1.807) is 36.4 Å². The zero-order valence-electron chi connectivity index (χ0n) is 17.5. The summed E-state index contributed by atoms with van der Waals surface area (Å²) in [4.78, 5) is 11.8. The number of hydrogen-bond donors (Lipinski definition) is 0. The molecular weight excluding hydrogens is 424 g/mol. The second kappa shape index (κ2) is 13.9. The number of benzene rings is 2. The third-order valence-corrected chi connectivity index (χ3v) is 5.32. The molecule has 0 heterocycles. The second-order valence-corrected chi connectivity index (χ2v) is 8.04. The molecule has 0 N–H and O–H groups in total. The van der Waals surface area contributed by atoms with Crippen LogP contribution in [0.4, 0.5) is 0 Å². The molecule has 0 aliphatic heterocycles. The SMILES string of the molecule is Cc1ccc(S(=O)(=O)OCCOCCOCCOCCOC(=O)c2ccccc2)cc1. The molecule has 0 amide bonds. The predicted octanol–water partition coefficient (Wildman–Crippen LogP) is 2.61. The molecule has 8 nitrogen and oxygen atoms in total. The van der Waals surface area contributed by atoms with Crippen LogP contribution in [0.15, 0.2) is 59.5 Å². The lowest BCUT2D eigenvalue weighted by Gasteiger charge is -2.08. The van der Waals surface area contributed by atoms with Crippen molar-refractivity contribution in [3.8, 4) is 0 Å². The first kappa shape index (κ1) is 25.0. The fraction of sp³-hybridized carbons (Fsp3) is 0.409. The molecule has 0 radical (unpaired) electrons. The van der Waals surface area contributed by atoms with Crippen molar-refractivity contribution in [2.24, 2.45) is 0 Å². The maximum absolute atomic E-state index is 12.0. The van der Waals surface area contributed by atoms with Crippen LogP contribution < -0.4 is 0 Å². The molecule has 0 aliphatic rings. The normalized spacial score (nSPS) is 11.4. The van der Waals surface area contributed by atoms with Gasteiger partial charge in [0.1, 0.15) is 6.61 Å². The summed E-state index contributed by atoms with van der Waals surface area (Å²) in [5, 5.41) is 0. The molecule has 0 bridgehead atoms. The largest absolute Gasteiger partial charge is 0.460 e. The molecule has 0 unspecified atom stereocenters. The average molecular weight is 453 g/mol. The smallest absolute Gasteiger partial charge is 0.338 e. The van der Waals surface area contributed by atoms with Crippen LogP contribution in [0.1, 0.15) is 15.9 Å². The molecule has 9 heteroatoms. The minimum atomic E-state index is -3.77. The molecule has 0 aromatic heterocycles. The van der Waals surface area contributed by atoms with Gasteiger partial charge in [0.2, 0.25) is 0 Å². The van der Waals surface area contributed by atoms with Gasteiger partial charge in [-0.05, 0) is 31.2 Å². The van der Waals surface area contributed by atoms with Gasteiger partial charge in [-0.1, -0.05) is 35.9 Å². The molecule has 2 rings (SSSR count). The highest BCUT2D eigenvalue weighted by Gasteiger charge is 2.14. The van der Waals surface area contributed by atoms with Gasteiger partial charge in [0.05, 0.1) is 56.7 Å². The topological polar surface area (TPSA) is 97.4 Å². The average Bonchev–Trinajstić information content (AvgIpc) is 2.77. The summed E-state index contributed by atoms with van der Waals surface area (Å²) in [5.74, 6) is -0.381. The molecule has 0 atom stereocenters. The number of aryl methyl sites for hydroxylation is 1. The van der Waals surface area contributed by atoms with Crippen molar-refractivity contribution >= 4 is 16.1 Å². The maximum atomic E-state index is 12.0. The van der Waals surface area contributed by atoms with Gasteiger partial charge < -0.3 is 18.9 Å². The summed E-state index contributed by atoms with van der Waals surface area (Å²) in [5.41, 5.74) is 1.48. The van der Waals surface area contributed by atoms with E-state index in [0.29, 0.717) is 32.0 Å². The molecule has 0 saturated carbocycles. The summed E-state index contributed by atoms with van der Waals surface area (Å²) in [7, 11) is -3.77. The minimum Gasteiger partial charge on any atom is -0.460 e. The van der Waals surface area contributed by atoms with E-state index >= 15 is 0 Å². The number of hydrogen-bond acceptors (Lipinski definition) is 8. The van der Waals surface area contributed by atoms with E-state index in [1.807, 2.05) is 13.0 Å². The van der Waals surface area contributed by atoms with Gasteiger partial charge in [0.25, 0.3) is 10.1 Å². The van der Waals surface area contributed by atoms with Gasteiger partial charge in [-0.25, -0.2) is 4.79 Å². The zero-order chi connectivity index (χ0) is 22.4. The lowest BCUT2D eigenvalue weighted by molar-refractivity contribution is -0.00201. The van der Waals surface area contributed by atoms with Crippen LogP contribution in [0.25, 0.3) is 0 Å². The Kier molecular flexibility index (Phi) is 11.2. The lowest BCUT2D eigenvalue weighted by Crippen LogP contribution is -2.15. The quantitative estimate of drug-likeness (QED) is 0.231. The Hall–Kier alpha value is -2.30. The molecule has 31 heavy (non-hydrogen) atoms. The number of esters is 1. The first-order valence-electron chi connectivity index (χ1n) is 9.90. The second-order valence-electron chi connectivity index (χ2n) is 6.43. The Morgan fingerprint density at radius 2 is 1.23 bits per heavy atom. The van der Waals surface area contributed by atoms with Gasteiger partial charge in [-0.2, -0.15) is 8.42 Å². The summed E-state index contributed by atoms with van der Waals surface area (Å²) < 4.78 is 50.0. The van der Waals surface area contributed by atoms with Crippen molar-refractivity contribution < 1.29 is 36.3 Å². The highest BCUT2D eigenvalue weighted by Crippen LogP contribution is 2.12. The van der Waals surface area contributed by atoms with Gasteiger partial charge >= 0.3 is 5.97 Å². The molecule has 170 valence electrons. The van der Waals surface area contributed by atoms with Crippen LogP contribution in [0.2, 0.25) is 0 Å². The lowest BCUT2D eigenvalue weighted by atomic mass is 10.2. The van der Waals surface area contributed by atoms with E-state index < -0.39 is 10.1 Å². The summed E-state index contributed by atoms with van der Waals surface area (Å²) in [6.07, 6.45) is 0. The van der Waals surface area contributed by atoms with Crippen LogP contribution in [-0.2, 0) is 33.2 Å². The molecule has 0 spiro atoms. The Balaban J connectivity index is 1.40. The molecule has 2 aromatic carbocycles. The fourth-order valence-electron chi connectivity index (χ4n) is 2.37. The monoisotopic (exact) mass is 452 g/mol. The van der Waals surface area contributed by atoms with Crippen LogP contribution in [0.5, 0.6) is 0 Å². The van der Waals surface area contributed by atoms with Crippen LogP contribution in [0, 0.1) is 6.92 Å². The Labute approximate surface area is 183 Å². The number of carbonyl (C=O) groups is 1. The number of carbonyl (C=O) groups excluding carboxylic acids is 1. The van der Waals surface area contributed by atoms with E-state index in [2.05, 4.69) is 0 Å². The molecule has 0 aliphatic carbocycles. The van der Waals surface area contributed by atoms with Crippen LogP contribution in [-0.4, -0.2) is 67.2 Å². The summed E-state index contributed by atoms with van der Waals surface area (Å²) in [6.45, 7) is 3.78. The van der Waals surface area contributed by atoms with E-state index in [0.717, 1.165) is 5.56 Å². The van der Waals surface area contributed by atoms with E-state index in [9.17, 15) is 13.2 Å². The van der Waals surface area contributed by atoms with Crippen LogP contribution >= 0.6 is 0 Å². The molecule has 2 aromatic rings. The van der Waals surface area contributed by atoms with Crippen molar-refractivity contribution in [3.63, 3.8) is 0 Å². The minimum absolute atomic E-state index is 0.0684. The van der Waals surface area contributed by atoms with Gasteiger partial charge in [-0.3, -0.25) is 4.18 Å². The fourth-order valence-corrected chi connectivity index (χ4v) is 3.26. The molecule has 0 fully saturated rings. The Morgan fingerprint density at radius 1 is 0.710 bits per heavy atom. The number of rotatable bonds is 15. The van der Waals surface area contributed by atoms with E-state index in [1.165, 1.54) is 12.1 Å². The van der Waals surface area contributed by atoms with Crippen molar-refractivity contribution in [1.82, 2.24) is 0 Å². The standard InChI is InChI=1S/C22H28O8S/c1-19-7-9-21(10-8-19)31(24,25)30-18-16-28-14-12-26-11-13-27-15-17-29-22(23)20-5-3-2-4-6-20/h2-10H,11-18H2,1H3. The van der Waals surface area contributed by atoms with Crippen molar-refractivity contribution in [3.05, 3.63) is 65.7 Å². The van der Waals surface area contributed by atoms with Crippen molar-refractivity contribution in [2.75, 3.05) is 52.9 Å². The maximum Gasteiger partial charge on any atom is 0.338 e. The van der Waals surface area contributed by atoms with E-state index in [-0.39, 0.29) is 37.3 Å². The highest BCUT2D eigenvalue weighted by atomic mass is 32.2. The molecule has 0 saturated heterocycles. The summed E-state index contributed by atoms with van der Waals surface area (Å²) in [6, 6.07) is 15.2. The van der Waals surface area contributed by atoms with E-state index in [4.69, 9.17) is 23.1 Å². The Bertz CT molecular complexity index is 866. The predicted molar refractivity (Wildman–Crippen MR) is 113 cm³/mol. The third kappa shape index (κ3) is 10.0. The number of ether oxygens (including phenoxy) is 4. The van der Waals surface area contributed by atoms with Crippen LogP contribution in [0.3, 0.4) is 0 Å². The first-order valence-corrected chi connectivity index (χ1v) is 11.3. The highest BCUT2D eigenvalue weighted by molar-refractivity contribution is 7.86. The third-order valence-electron chi connectivity index (χ3n) is 3.99.